The Morgan fingerprint density at radius 2 is 2.20 bits per heavy atom. The minimum Gasteiger partial charge on any atom is -0.463 e. The predicted molar refractivity (Wildman–Crippen MR) is 70.1 cm³/mol. The van der Waals surface area contributed by atoms with Crippen LogP contribution in [-0.2, 0) is 25.6 Å². The van der Waals surface area contributed by atoms with E-state index in [1.807, 2.05) is 0 Å². The molecule has 0 aromatic carbocycles. The maximum Gasteiger partial charge on any atom is 0.373 e. The molecule has 0 radical (unpaired) electrons. The van der Waals surface area contributed by atoms with Crippen molar-refractivity contribution in [3.63, 3.8) is 0 Å². The van der Waals surface area contributed by atoms with Crippen molar-refractivity contribution in [3.8, 4) is 0 Å². The first-order valence-corrected chi connectivity index (χ1v) is 6.14. The summed E-state index contributed by atoms with van der Waals surface area (Å²) in [6, 6.07) is 3.00. The van der Waals surface area contributed by atoms with Gasteiger partial charge in [0.05, 0.1) is 13.7 Å². The number of hydrogen-bond donors (Lipinski definition) is 0. The zero-order valence-electron chi connectivity index (χ0n) is 11.6. The van der Waals surface area contributed by atoms with Gasteiger partial charge in [-0.2, -0.15) is 0 Å². The third kappa shape index (κ3) is 4.89. The van der Waals surface area contributed by atoms with Crippen molar-refractivity contribution in [1.29, 1.82) is 0 Å². The fraction of sp³-hybridized carbons (Fsp3) is 0.429. The van der Waals surface area contributed by atoms with Crippen LogP contribution >= 0.6 is 0 Å². The molecule has 1 rings (SSSR count). The Kier molecular flexibility index (Phi) is 6.52. The molecule has 0 fully saturated rings. The highest BCUT2D eigenvalue weighted by atomic mass is 16.6. The zero-order chi connectivity index (χ0) is 15.0. The molecule has 1 unspecified atom stereocenters. The Morgan fingerprint density at radius 3 is 2.85 bits per heavy atom. The second kappa shape index (κ2) is 8.16. The van der Waals surface area contributed by atoms with E-state index in [1.54, 1.807) is 19.1 Å². The van der Waals surface area contributed by atoms with Gasteiger partial charge in [-0.25, -0.2) is 9.59 Å². The van der Waals surface area contributed by atoms with Crippen molar-refractivity contribution in [2.45, 2.75) is 26.1 Å². The van der Waals surface area contributed by atoms with Gasteiger partial charge in [-0.15, -0.1) is 6.58 Å². The number of methoxy groups -OCH3 is 1. The van der Waals surface area contributed by atoms with Gasteiger partial charge < -0.3 is 18.6 Å². The van der Waals surface area contributed by atoms with E-state index in [4.69, 9.17) is 13.9 Å². The van der Waals surface area contributed by atoms with Crippen LogP contribution in [0.15, 0.2) is 29.2 Å². The third-order valence-corrected chi connectivity index (χ3v) is 2.43. The van der Waals surface area contributed by atoms with Gasteiger partial charge >= 0.3 is 11.9 Å². The van der Waals surface area contributed by atoms with Crippen LogP contribution in [0.4, 0.5) is 0 Å². The summed E-state index contributed by atoms with van der Waals surface area (Å²) in [6.45, 7) is 5.51. The van der Waals surface area contributed by atoms with Gasteiger partial charge in [-0.05, 0) is 25.5 Å². The highest BCUT2D eigenvalue weighted by molar-refractivity contribution is 5.86. The molecule has 0 bridgehead atoms. The summed E-state index contributed by atoms with van der Waals surface area (Å²) < 4.78 is 19.9. The summed E-state index contributed by atoms with van der Waals surface area (Å²) in [4.78, 5) is 22.8. The van der Waals surface area contributed by atoms with Crippen molar-refractivity contribution in [2.75, 3.05) is 13.7 Å². The molecular weight excluding hydrogens is 264 g/mol. The molecule has 0 amide bonds. The van der Waals surface area contributed by atoms with Crippen LogP contribution in [0.1, 0.15) is 29.7 Å². The van der Waals surface area contributed by atoms with E-state index in [-0.39, 0.29) is 12.4 Å². The van der Waals surface area contributed by atoms with Crippen LogP contribution < -0.4 is 0 Å². The van der Waals surface area contributed by atoms with Crippen molar-refractivity contribution in [3.05, 3.63) is 36.3 Å². The normalized spacial score (nSPS) is 11.7. The average Bonchev–Trinajstić information content (AvgIpc) is 2.92. The number of carbonyl (C=O) groups is 2. The standard InChI is InChI=1S/C14H18O6/c1-4-5-8-18-10(2)13(15)19-9-11-6-7-12(20-11)14(16)17-3/h4,6-7,10H,1,5,8-9H2,2-3H3. The van der Waals surface area contributed by atoms with Crippen molar-refractivity contribution in [2.24, 2.45) is 0 Å². The number of ether oxygens (including phenoxy) is 3. The van der Waals surface area contributed by atoms with E-state index in [1.165, 1.54) is 13.2 Å². The highest BCUT2D eigenvalue weighted by Crippen LogP contribution is 2.11. The number of hydrogen-bond acceptors (Lipinski definition) is 6. The number of furan rings is 1. The molecule has 6 heteroatoms. The van der Waals surface area contributed by atoms with Crippen LogP contribution in [0.2, 0.25) is 0 Å². The molecule has 0 saturated carbocycles. The minimum absolute atomic E-state index is 0.0637. The summed E-state index contributed by atoms with van der Waals surface area (Å²) in [6.07, 6.45) is 1.71. The summed E-state index contributed by atoms with van der Waals surface area (Å²) in [5.74, 6) is -0.653. The van der Waals surface area contributed by atoms with Gasteiger partial charge in [-0.3, -0.25) is 0 Å². The molecule has 0 saturated heterocycles. The van der Waals surface area contributed by atoms with Crippen LogP contribution in [0.25, 0.3) is 0 Å². The van der Waals surface area contributed by atoms with E-state index in [2.05, 4.69) is 11.3 Å². The third-order valence-electron chi connectivity index (χ3n) is 2.43. The van der Waals surface area contributed by atoms with Gasteiger partial charge in [0.15, 0.2) is 6.10 Å². The average molecular weight is 282 g/mol. The molecule has 0 aliphatic carbocycles. The van der Waals surface area contributed by atoms with E-state index < -0.39 is 18.0 Å². The van der Waals surface area contributed by atoms with Gasteiger partial charge in [-0.1, -0.05) is 6.08 Å². The summed E-state index contributed by atoms with van der Waals surface area (Å²) in [5, 5.41) is 0. The molecule has 20 heavy (non-hydrogen) atoms. The second-order valence-corrected chi connectivity index (χ2v) is 3.96. The maximum atomic E-state index is 11.6. The quantitative estimate of drug-likeness (QED) is 0.413. The smallest absolute Gasteiger partial charge is 0.373 e. The van der Waals surface area contributed by atoms with Crippen LogP contribution in [0, 0.1) is 0 Å². The predicted octanol–water partition coefficient (Wildman–Crippen LogP) is 2.09. The lowest BCUT2D eigenvalue weighted by atomic mass is 10.4. The first-order chi connectivity index (χ1) is 9.58. The largest absolute Gasteiger partial charge is 0.463 e. The molecule has 6 nitrogen and oxygen atoms in total. The molecule has 0 N–H and O–H groups in total. The van der Waals surface area contributed by atoms with E-state index in [0.717, 1.165) is 0 Å². The molecule has 0 aliphatic heterocycles. The summed E-state index contributed by atoms with van der Waals surface area (Å²) in [7, 11) is 1.26. The van der Waals surface area contributed by atoms with Crippen LogP contribution in [-0.4, -0.2) is 31.8 Å². The van der Waals surface area contributed by atoms with E-state index in [0.29, 0.717) is 18.8 Å². The van der Waals surface area contributed by atoms with Gasteiger partial charge in [0.25, 0.3) is 0 Å². The SMILES string of the molecule is C=CCCOC(C)C(=O)OCc1ccc(C(=O)OC)o1. The Balaban J connectivity index is 2.38. The molecule has 0 spiro atoms. The topological polar surface area (TPSA) is 75.0 Å². The molecule has 0 aliphatic rings. The van der Waals surface area contributed by atoms with Crippen molar-refractivity contribution >= 4 is 11.9 Å². The van der Waals surface area contributed by atoms with Crippen LogP contribution in [0.3, 0.4) is 0 Å². The first-order valence-electron chi connectivity index (χ1n) is 6.14. The molecule has 1 atom stereocenters. The lowest BCUT2D eigenvalue weighted by Crippen LogP contribution is -2.23. The number of carbonyl (C=O) groups excluding carboxylic acids is 2. The lowest BCUT2D eigenvalue weighted by molar-refractivity contribution is -0.157. The minimum atomic E-state index is -0.662. The summed E-state index contributed by atoms with van der Waals surface area (Å²) in [5.41, 5.74) is 0. The fourth-order valence-electron chi connectivity index (χ4n) is 1.32. The lowest BCUT2D eigenvalue weighted by Gasteiger charge is -2.11. The Bertz CT molecular complexity index is 462. The monoisotopic (exact) mass is 282 g/mol. The van der Waals surface area contributed by atoms with Crippen LogP contribution in [0.5, 0.6) is 0 Å². The van der Waals surface area contributed by atoms with Gasteiger partial charge in [0, 0.05) is 0 Å². The molecule has 1 aromatic heterocycles. The van der Waals surface area contributed by atoms with Gasteiger partial charge in [0.1, 0.15) is 12.4 Å². The maximum absolute atomic E-state index is 11.6. The van der Waals surface area contributed by atoms with Crippen molar-refractivity contribution < 1.29 is 28.2 Å². The molecular formula is C14H18O6. The molecule has 110 valence electrons. The Hall–Kier alpha value is -2.08. The Labute approximate surface area is 117 Å². The fourth-order valence-corrected chi connectivity index (χ4v) is 1.32. The van der Waals surface area contributed by atoms with E-state index >= 15 is 0 Å². The van der Waals surface area contributed by atoms with E-state index in [9.17, 15) is 9.59 Å². The number of esters is 2. The number of rotatable bonds is 8. The molecule has 1 aromatic rings. The van der Waals surface area contributed by atoms with Crippen molar-refractivity contribution in [1.82, 2.24) is 0 Å². The Morgan fingerprint density at radius 1 is 1.45 bits per heavy atom. The highest BCUT2D eigenvalue weighted by Gasteiger charge is 2.16. The van der Waals surface area contributed by atoms with Gasteiger partial charge in [0.2, 0.25) is 5.76 Å². The second-order valence-electron chi connectivity index (χ2n) is 3.96. The summed E-state index contributed by atoms with van der Waals surface area (Å²) >= 11 is 0. The zero-order valence-corrected chi connectivity index (χ0v) is 11.6. The first kappa shape index (κ1) is 16.0. The molecule has 1 heterocycles.